The molecule has 0 atom stereocenters. The van der Waals surface area contributed by atoms with Gasteiger partial charge in [0.05, 0.1) is 5.39 Å². The monoisotopic (exact) mass is 362 g/mol. The van der Waals surface area contributed by atoms with Crippen molar-refractivity contribution in [2.24, 2.45) is 0 Å². The van der Waals surface area contributed by atoms with Gasteiger partial charge in [0.2, 0.25) is 0 Å². The van der Waals surface area contributed by atoms with Crippen molar-refractivity contribution in [2.45, 2.75) is 26.8 Å². The van der Waals surface area contributed by atoms with Crippen LogP contribution in [0.5, 0.6) is 0 Å². The summed E-state index contributed by atoms with van der Waals surface area (Å²) < 4.78 is 1.25. The first-order valence-corrected chi connectivity index (χ1v) is 8.62. The fourth-order valence-electron chi connectivity index (χ4n) is 2.77. The van der Waals surface area contributed by atoms with Gasteiger partial charge >= 0.3 is 5.97 Å². The highest BCUT2D eigenvalue weighted by Gasteiger charge is 2.20. The molecule has 2 aromatic heterocycles. The van der Waals surface area contributed by atoms with Crippen LogP contribution < -0.4 is 5.56 Å². The number of aliphatic carboxylic acids is 1. The normalized spacial score (nSPS) is 11.1. The van der Waals surface area contributed by atoms with Crippen molar-refractivity contribution in [3.63, 3.8) is 0 Å². The van der Waals surface area contributed by atoms with Gasteiger partial charge in [0.25, 0.3) is 5.56 Å². The summed E-state index contributed by atoms with van der Waals surface area (Å²) in [5.41, 5.74) is 1.35. The summed E-state index contributed by atoms with van der Waals surface area (Å²) >= 11 is 7.39. The van der Waals surface area contributed by atoms with Crippen LogP contribution in [0.25, 0.3) is 21.3 Å². The van der Waals surface area contributed by atoms with E-state index in [1.54, 1.807) is 12.1 Å². The third-order valence-corrected chi connectivity index (χ3v) is 5.06. The van der Waals surface area contributed by atoms with Crippen LogP contribution in [0.2, 0.25) is 5.02 Å². The van der Waals surface area contributed by atoms with Gasteiger partial charge in [-0.2, -0.15) is 0 Å². The Morgan fingerprint density at radius 1 is 1.33 bits per heavy atom. The van der Waals surface area contributed by atoms with Crippen molar-refractivity contribution in [2.75, 3.05) is 0 Å². The van der Waals surface area contributed by atoms with Gasteiger partial charge in [0.1, 0.15) is 17.2 Å². The molecule has 1 aromatic carbocycles. The maximum atomic E-state index is 13.0. The van der Waals surface area contributed by atoms with E-state index in [0.717, 1.165) is 16.0 Å². The number of carboxylic acids is 1. The van der Waals surface area contributed by atoms with Crippen molar-refractivity contribution in [1.82, 2.24) is 9.55 Å². The molecule has 5 nitrogen and oxygen atoms in total. The number of carbonyl (C=O) groups is 1. The van der Waals surface area contributed by atoms with E-state index in [2.05, 4.69) is 4.98 Å². The highest BCUT2D eigenvalue weighted by atomic mass is 35.5. The van der Waals surface area contributed by atoms with Crippen LogP contribution >= 0.6 is 22.9 Å². The molecule has 1 N–H and O–H groups in total. The molecule has 7 heteroatoms. The average Bonchev–Trinajstić information content (AvgIpc) is 2.87. The Bertz CT molecular complexity index is 990. The Kier molecular flexibility index (Phi) is 4.43. The van der Waals surface area contributed by atoms with Crippen LogP contribution in [-0.4, -0.2) is 20.6 Å². The second kappa shape index (κ2) is 6.37. The van der Waals surface area contributed by atoms with E-state index in [4.69, 9.17) is 16.7 Å². The number of hydrogen-bond donors (Lipinski definition) is 1. The number of hydrogen-bond acceptors (Lipinski definition) is 4. The van der Waals surface area contributed by atoms with Crippen molar-refractivity contribution in [1.29, 1.82) is 0 Å². The highest BCUT2D eigenvalue weighted by molar-refractivity contribution is 7.19. The third kappa shape index (κ3) is 2.83. The Labute approximate surface area is 147 Å². The van der Waals surface area contributed by atoms with Crippen LogP contribution in [0.3, 0.4) is 0 Å². The summed E-state index contributed by atoms with van der Waals surface area (Å²) in [6, 6.07) is 7.24. The molecule has 0 aliphatic carbocycles. The zero-order valence-corrected chi connectivity index (χ0v) is 14.7. The molecule has 0 saturated heterocycles. The van der Waals surface area contributed by atoms with Crippen LogP contribution in [0.4, 0.5) is 0 Å². The fourth-order valence-corrected chi connectivity index (χ4v) is 3.95. The minimum absolute atomic E-state index is 0.312. The molecule has 0 aliphatic rings. The Balaban J connectivity index is 2.35. The number of rotatable bonds is 4. The van der Waals surface area contributed by atoms with Gasteiger partial charge in [-0.1, -0.05) is 30.7 Å². The topological polar surface area (TPSA) is 72.2 Å². The minimum atomic E-state index is -1.06. The standard InChI is InChI=1S/C17H15ClN2O3S/c1-3-12-19-16-15(17(23)20(12)8-13(21)22)14(9(2)24-16)10-4-6-11(18)7-5-10/h4-7H,3,8H2,1-2H3,(H,21,22). The number of aromatic nitrogens is 2. The Morgan fingerprint density at radius 3 is 2.58 bits per heavy atom. The third-order valence-electron chi connectivity index (χ3n) is 3.81. The molecule has 0 bridgehead atoms. The number of carboxylic acid groups (broad SMARTS) is 1. The van der Waals surface area contributed by atoms with Crippen molar-refractivity contribution in [3.05, 3.63) is 50.3 Å². The van der Waals surface area contributed by atoms with E-state index >= 15 is 0 Å². The van der Waals surface area contributed by atoms with Crippen LogP contribution in [0, 0.1) is 6.92 Å². The van der Waals surface area contributed by atoms with Gasteiger partial charge in [-0.3, -0.25) is 14.2 Å². The van der Waals surface area contributed by atoms with Crippen LogP contribution in [0.15, 0.2) is 29.1 Å². The quantitative estimate of drug-likeness (QED) is 0.767. The molecule has 3 rings (SSSR count). The molecular formula is C17H15ClN2O3S. The zero-order chi connectivity index (χ0) is 17.4. The van der Waals surface area contributed by atoms with Gasteiger partial charge in [-0.25, -0.2) is 4.98 Å². The number of aryl methyl sites for hydroxylation is 2. The van der Waals surface area contributed by atoms with Crippen LogP contribution in [-0.2, 0) is 17.8 Å². The predicted octanol–water partition coefficient (Wildman–Crippen LogP) is 3.73. The summed E-state index contributed by atoms with van der Waals surface area (Å²) in [6.45, 7) is 3.40. The second-order valence-corrected chi connectivity index (χ2v) is 7.03. The van der Waals surface area contributed by atoms with Crippen molar-refractivity contribution in [3.8, 4) is 11.1 Å². The summed E-state index contributed by atoms with van der Waals surface area (Å²) in [6.07, 6.45) is 0.492. The van der Waals surface area contributed by atoms with E-state index in [1.807, 2.05) is 26.0 Å². The SMILES string of the molecule is CCc1nc2sc(C)c(-c3ccc(Cl)cc3)c2c(=O)n1CC(=O)O. The molecule has 0 saturated carbocycles. The molecule has 3 aromatic rings. The minimum Gasteiger partial charge on any atom is -0.480 e. The zero-order valence-electron chi connectivity index (χ0n) is 13.2. The van der Waals surface area contributed by atoms with E-state index in [-0.39, 0.29) is 12.1 Å². The maximum Gasteiger partial charge on any atom is 0.323 e. The molecule has 0 amide bonds. The van der Waals surface area contributed by atoms with Crippen molar-refractivity contribution >= 4 is 39.1 Å². The Morgan fingerprint density at radius 2 is 2.00 bits per heavy atom. The molecule has 0 aliphatic heterocycles. The van der Waals surface area contributed by atoms with Gasteiger partial charge < -0.3 is 5.11 Å². The second-order valence-electron chi connectivity index (χ2n) is 5.39. The maximum absolute atomic E-state index is 13.0. The molecule has 124 valence electrons. The first kappa shape index (κ1) is 16.7. The lowest BCUT2D eigenvalue weighted by Crippen LogP contribution is -2.28. The number of halogens is 1. The summed E-state index contributed by atoms with van der Waals surface area (Å²) in [5, 5.41) is 10.2. The first-order valence-electron chi connectivity index (χ1n) is 7.43. The van der Waals surface area contributed by atoms with E-state index in [9.17, 15) is 9.59 Å². The summed E-state index contributed by atoms with van der Waals surface area (Å²) in [5.74, 6) is -0.577. The summed E-state index contributed by atoms with van der Waals surface area (Å²) in [7, 11) is 0. The molecule has 24 heavy (non-hydrogen) atoms. The van der Waals surface area contributed by atoms with E-state index < -0.39 is 5.97 Å². The Hall–Kier alpha value is -2.18. The number of fused-ring (bicyclic) bond motifs is 1. The van der Waals surface area contributed by atoms with Gasteiger partial charge in [-0.15, -0.1) is 11.3 Å². The average molecular weight is 363 g/mol. The van der Waals surface area contributed by atoms with Crippen LogP contribution in [0.1, 0.15) is 17.6 Å². The molecule has 0 fully saturated rings. The number of nitrogens with zero attached hydrogens (tertiary/aromatic N) is 2. The smallest absolute Gasteiger partial charge is 0.323 e. The fraction of sp³-hybridized carbons (Fsp3) is 0.235. The lowest BCUT2D eigenvalue weighted by Gasteiger charge is -2.09. The molecular weight excluding hydrogens is 348 g/mol. The van der Waals surface area contributed by atoms with E-state index in [0.29, 0.717) is 27.5 Å². The number of thiophene rings is 1. The molecule has 0 radical (unpaired) electrons. The molecule has 0 spiro atoms. The van der Waals surface area contributed by atoms with Gasteiger partial charge in [-0.05, 0) is 24.6 Å². The molecule has 0 unspecified atom stereocenters. The largest absolute Gasteiger partial charge is 0.480 e. The van der Waals surface area contributed by atoms with Gasteiger partial charge in [0, 0.05) is 21.9 Å². The van der Waals surface area contributed by atoms with E-state index in [1.165, 1.54) is 15.9 Å². The number of benzene rings is 1. The lowest BCUT2D eigenvalue weighted by atomic mass is 10.0. The molecule has 2 heterocycles. The van der Waals surface area contributed by atoms with Gasteiger partial charge in [0.15, 0.2) is 0 Å². The predicted molar refractivity (Wildman–Crippen MR) is 96.1 cm³/mol. The highest BCUT2D eigenvalue weighted by Crippen LogP contribution is 2.36. The summed E-state index contributed by atoms with van der Waals surface area (Å²) in [4.78, 5) is 30.2. The lowest BCUT2D eigenvalue weighted by molar-refractivity contribution is -0.137. The first-order chi connectivity index (χ1) is 11.4. The van der Waals surface area contributed by atoms with Crippen molar-refractivity contribution < 1.29 is 9.90 Å².